The number of nitrogens with one attached hydrogen (secondary N) is 1. The molecule has 16 heavy (non-hydrogen) atoms. The predicted molar refractivity (Wildman–Crippen MR) is 53.8 cm³/mol. The Labute approximate surface area is 90.8 Å². The van der Waals surface area contributed by atoms with Crippen LogP contribution in [0.5, 0.6) is 5.75 Å². The molecule has 0 spiro atoms. The lowest BCUT2D eigenvalue weighted by atomic mass is 10.2. The van der Waals surface area contributed by atoms with E-state index in [1.807, 2.05) is 0 Å². The van der Waals surface area contributed by atoms with E-state index in [2.05, 4.69) is 5.32 Å². The molecule has 0 aliphatic rings. The van der Waals surface area contributed by atoms with Gasteiger partial charge in [-0.2, -0.15) is 0 Å². The minimum absolute atomic E-state index is 0.156. The van der Waals surface area contributed by atoms with Crippen molar-refractivity contribution in [1.82, 2.24) is 0 Å². The van der Waals surface area contributed by atoms with Gasteiger partial charge in [-0.1, -0.05) is 0 Å². The molecule has 0 fully saturated rings. The second kappa shape index (κ2) is 5.11. The summed E-state index contributed by atoms with van der Waals surface area (Å²) in [6.45, 7) is 0. The van der Waals surface area contributed by atoms with Crippen LogP contribution in [0.4, 0.5) is 10.1 Å². The third kappa shape index (κ3) is 3.56. The number of halogens is 1. The highest BCUT2D eigenvalue weighted by Gasteiger charge is 2.09. The Hall–Kier alpha value is -2.11. The molecule has 6 heteroatoms. The lowest BCUT2D eigenvalue weighted by Gasteiger charge is -2.06. The molecule has 0 atom stereocenters. The topological polar surface area (TPSA) is 75.6 Å². The molecule has 0 aliphatic heterocycles. The predicted octanol–water partition coefficient (Wildman–Crippen LogP) is 1.25. The van der Waals surface area contributed by atoms with Crippen LogP contribution < -0.4 is 10.1 Å². The van der Waals surface area contributed by atoms with E-state index in [0.29, 0.717) is 0 Å². The van der Waals surface area contributed by atoms with E-state index in [4.69, 9.17) is 9.84 Å². The Morgan fingerprint density at radius 1 is 1.44 bits per heavy atom. The molecule has 0 radical (unpaired) electrons. The molecule has 1 aromatic carbocycles. The molecule has 1 aromatic rings. The monoisotopic (exact) mass is 227 g/mol. The Balaban J connectivity index is 2.76. The van der Waals surface area contributed by atoms with E-state index < -0.39 is 24.1 Å². The molecular formula is C10H10FNO4. The van der Waals surface area contributed by atoms with Crippen LogP contribution in [0.2, 0.25) is 0 Å². The number of amides is 1. The maximum Gasteiger partial charge on any atom is 0.312 e. The summed E-state index contributed by atoms with van der Waals surface area (Å²) in [4.78, 5) is 21.3. The number of hydrogen-bond donors (Lipinski definition) is 2. The van der Waals surface area contributed by atoms with Crippen molar-refractivity contribution >= 4 is 17.6 Å². The third-order valence-electron chi connectivity index (χ3n) is 1.70. The largest absolute Gasteiger partial charge is 0.497 e. The molecular weight excluding hydrogens is 217 g/mol. The van der Waals surface area contributed by atoms with Gasteiger partial charge < -0.3 is 15.2 Å². The maximum atomic E-state index is 13.0. The highest BCUT2D eigenvalue weighted by molar-refractivity contribution is 6.01. The van der Waals surface area contributed by atoms with Crippen molar-refractivity contribution < 1.29 is 23.8 Å². The number of hydrogen-bond acceptors (Lipinski definition) is 3. The fourth-order valence-electron chi connectivity index (χ4n) is 1.10. The van der Waals surface area contributed by atoms with Crippen LogP contribution in [0.15, 0.2) is 18.2 Å². The van der Waals surface area contributed by atoms with Gasteiger partial charge in [0.2, 0.25) is 5.91 Å². The first-order valence-corrected chi connectivity index (χ1v) is 4.37. The van der Waals surface area contributed by atoms with Crippen molar-refractivity contribution in [3.8, 4) is 5.75 Å². The van der Waals surface area contributed by atoms with E-state index in [1.54, 1.807) is 0 Å². The van der Waals surface area contributed by atoms with Gasteiger partial charge in [-0.15, -0.1) is 0 Å². The SMILES string of the molecule is COc1cc(F)cc(NC(=O)CC(=O)O)c1. The summed E-state index contributed by atoms with van der Waals surface area (Å²) >= 11 is 0. The summed E-state index contributed by atoms with van der Waals surface area (Å²) < 4.78 is 17.8. The Morgan fingerprint density at radius 3 is 2.69 bits per heavy atom. The average molecular weight is 227 g/mol. The number of carboxylic acids is 1. The Kier molecular flexibility index (Phi) is 3.82. The standard InChI is InChI=1S/C10H10FNO4/c1-16-8-3-6(11)2-7(4-8)12-9(13)5-10(14)15/h2-4H,5H2,1H3,(H,12,13)(H,14,15). The van der Waals surface area contributed by atoms with Crippen molar-refractivity contribution in [1.29, 1.82) is 0 Å². The van der Waals surface area contributed by atoms with Crippen molar-refractivity contribution in [2.75, 3.05) is 12.4 Å². The Morgan fingerprint density at radius 2 is 2.12 bits per heavy atom. The normalized spacial score (nSPS) is 9.62. The lowest BCUT2D eigenvalue weighted by Crippen LogP contribution is -2.16. The van der Waals surface area contributed by atoms with Gasteiger partial charge in [0.25, 0.3) is 0 Å². The summed E-state index contributed by atoms with van der Waals surface area (Å²) in [5, 5.41) is 10.6. The minimum Gasteiger partial charge on any atom is -0.497 e. The quantitative estimate of drug-likeness (QED) is 0.759. The van der Waals surface area contributed by atoms with Crippen LogP contribution in [-0.4, -0.2) is 24.1 Å². The Bertz CT molecular complexity index is 419. The van der Waals surface area contributed by atoms with Gasteiger partial charge in [-0.3, -0.25) is 9.59 Å². The summed E-state index contributed by atoms with van der Waals surface area (Å²) in [7, 11) is 1.36. The average Bonchev–Trinajstić information content (AvgIpc) is 2.14. The molecule has 0 aliphatic carbocycles. The number of benzene rings is 1. The molecule has 5 nitrogen and oxygen atoms in total. The van der Waals surface area contributed by atoms with Crippen LogP contribution in [-0.2, 0) is 9.59 Å². The van der Waals surface area contributed by atoms with Crippen LogP contribution in [0, 0.1) is 5.82 Å². The fraction of sp³-hybridized carbons (Fsp3) is 0.200. The number of ether oxygens (including phenoxy) is 1. The van der Waals surface area contributed by atoms with Crippen molar-refractivity contribution in [3.05, 3.63) is 24.0 Å². The zero-order valence-corrected chi connectivity index (χ0v) is 8.49. The lowest BCUT2D eigenvalue weighted by molar-refractivity contribution is -0.139. The molecule has 2 N–H and O–H groups in total. The van der Waals surface area contributed by atoms with E-state index >= 15 is 0 Å². The number of anilines is 1. The number of rotatable bonds is 4. The number of carbonyl (C=O) groups excluding carboxylic acids is 1. The van der Waals surface area contributed by atoms with E-state index in [0.717, 1.165) is 12.1 Å². The molecule has 0 saturated heterocycles. The molecule has 1 amide bonds. The second-order valence-corrected chi connectivity index (χ2v) is 3.00. The summed E-state index contributed by atoms with van der Waals surface area (Å²) in [5.41, 5.74) is 0.156. The summed E-state index contributed by atoms with van der Waals surface area (Å²) in [5.74, 6) is -2.31. The van der Waals surface area contributed by atoms with Crippen molar-refractivity contribution in [2.45, 2.75) is 6.42 Å². The number of carbonyl (C=O) groups is 2. The van der Waals surface area contributed by atoms with E-state index in [1.165, 1.54) is 13.2 Å². The van der Waals surface area contributed by atoms with E-state index in [9.17, 15) is 14.0 Å². The summed E-state index contributed by atoms with van der Waals surface area (Å²) in [6.07, 6.45) is -0.668. The third-order valence-corrected chi connectivity index (χ3v) is 1.70. The van der Waals surface area contributed by atoms with Gasteiger partial charge in [0.1, 0.15) is 18.0 Å². The number of carboxylic acid groups (broad SMARTS) is 1. The van der Waals surface area contributed by atoms with Gasteiger partial charge in [0.15, 0.2) is 0 Å². The first-order chi connectivity index (χ1) is 7.51. The van der Waals surface area contributed by atoms with Crippen LogP contribution in [0.1, 0.15) is 6.42 Å². The van der Waals surface area contributed by atoms with Crippen molar-refractivity contribution in [2.24, 2.45) is 0 Å². The van der Waals surface area contributed by atoms with Gasteiger partial charge in [0.05, 0.1) is 7.11 Å². The van der Waals surface area contributed by atoms with Crippen LogP contribution >= 0.6 is 0 Å². The van der Waals surface area contributed by atoms with Gasteiger partial charge >= 0.3 is 5.97 Å². The molecule has 1 rings (SSSR count). The van der Waals surface area contributed by atoms with E-state index in [-0.39, 0.29) is 11.4 Å². The first-order valence-electron chi connectivity index (χ1n) is 4.37. The second-order valence-electron chi connectivity index (χ2n) is 3.00. The first kappa shape index (κ1) is 12.0. The molecule has 0 saturated carbocycles. The number of aliphatic carboxylic acids is 1. The minimum atomic E-state index is -1.25. The smallest absolute Gasteiger partial charge is 0.312 e. The van der Waals surface area contributed by atoms with Gasteiger partial charge in [-0.05, 0) is 6.07 Å². The van der Waals surface area contributed by atoms with Gasteiger partial charge in [0, 0.05) is 17.8 Å². The van der Waals surface area contributed by atoms with Gasteiger partial charge in [-0.25, -0.2) is 4.39 Å². The molecule has 86 valence electrons. The highest BCUT2D eigenvalue weighted by atomic mass is 19.1. The molecule has 0 bridgehead atoms. The molecule has 0 unspecified atom stereocenters. The molecule has 0 aromatic heterocycles. The van der Waals surface area contributed by atoms with Crippen molar-refractivity contribution in [3.63, 3.8) is 0 Å². The fourth-order valence-corrected chi connectivity index (χ4v) is 1.10. The zero-order valence-electron chi connectivity index (χ0n) is 8.49. The zero-order chi connectivity index (χ0) is 12.1. The number of methoxy groups -OCH3 is 1. The maximum absolute atomic E-state index is 13.0. The summed E-state index contributed by atoms with van der Waals surface area (Å²) in [6, 6.07) is 3.61. The molecule has 0 heterocycles. The van der Waals surface area contributed by atoms with Crippen LogP contribution in [0.3, 0.4) is 0 Å². The highest BCUT2D eigenvalue weighted by Crippen LogP contribution is 2.19. The van der Waals surface area contributed by atoms with Crippen LogP contribution in [0.25, 0.3) is 0 Å².